The maximum absolute atomic E-state index is 12.1. The summed E-state index contributed by atoms with van der Waals surface area (Å²) in [7, 11) is 0. The third kappa shape index (κ3) is 3.27. The number of rotatable bonds is 4. The second kappa shape index (κ2) is 6.48. The van der Waals surface area contributed by atoms with Crippen LogP contribution in [0, 0.1) is 0 Å². The molecule has 0 aliphatic rings. The molecule has 94 valence electrons. The molecule has 0 N–H and O–H groups in total. The van der Waals surface area contributed by atoms with E-state index in [0.29, 0.717) is 28.7 Å². The molecule has 0 saturated carbocycles. The van der Waals surface area contributed by atoms with Gasteiger partial charge < -0.3 is 4.90 Å². The van der Waals surface area contributed by atoms with Crippen LogP contribution in [0.3, 0.4) is 0 Å². The van der Waals surface area contributed by atoms with Gasteiger partial charge in [-0.1, -0.05) is 35.3 Å². The van der Waals surface area contributed by atoms with Crippen molar-refractivity contribution in [3.8, 4) is 0 Å². The third-order valence-corrected chi connectivity index (χ3v) is 3.80. The van der Waals surface area contributed by atoms with Crippen LogP contribution in [-0.2, 0) is 4.79 Å². The van der Waals surface area contributed by atoms with E-state index in [-0.39, 0.29) is 5.91 Å². The minimum absolute atomic E-state index is 0.152. The maximum atomic E-state index is 12.1. The van der Waals surface area contributed by atoms with E-state index >= 15 is 0 Å². The van der Waals surface area contributed by atoms with Gasteiger partial charge in [0.2, 0.25) is 5.91 Å². The highest BCUT2D eigenvalue weighted by Gasteiger charge is 2.24. The lowest BCUT2D eigenvalue weighted by molar-refractivity contribution is -0.130. The quantitative estimate of drug-likeness (QED) is 0.764. The maximum Gasteiger partial charge on any atom is 0.245 e. The Hall–Kier alpha value is -0.440. The van der Waals surface area contributed by atoms with Gasteiger partial charge in [-0.05, 0) is 25.5 Å². The highest BCUT2D eigenvalue weighted by Crippen LogP contribution is 2.33. The van der Waals surface area contributed by atoms with Crippen molar-refractivity contribution in [2.24, 2.45) is 0 Å². The molecule has 0 fully saturated rings. The molecule has 5 heteroatoms. The first-order valence-corrected chi connectivity index (χ1v) is 6.58. The first kappa shape index (κ1) is 14.6. The fourth-order valence-electron chi connectivity index (χ4n) is 1.54. The predicted octanol–water partition coefficient (Wildman–Crippen LogP) is 4.14. The molecule has 0 spiro atoms. The van der Waals surface area contributed by atoms with Gasteiger partial charge in [0, 0.05) is 13.1 Å². The van der Waals surface area contributed by atoms with Crippen LogP contribution in [0.1, 0.15) is 24.8 Å². The number of alkyl halides is 1. The zero-order valence-corrected chi connectivity index (χ0v) is 12.0. The van der Waals surface area contributed by atoms with Crippen molar-refractivity contribution >= 4 is 40.7 Å². The van der Waals surface area contributed by atoms with Gasteiger partial charge in [0.25, 0.3) is 0 Å². The molecule has 0 aliphatic carbocycles. The Labute approximate surface area is 116 Å². The summed E-state index contributed by atoms with van der Waals surface area (Å²) in [5.74, 6) is -0.152. The van der Waals surface area contributed by atoms with Crippen molar-refractivity contribution in [3.63, 3.8) is 0 Å². The van der Waals surface area contributed by atoms with E-state index in [2.05, 4.69) is 0 Å². The van der Waals surface area contributed by atoms with Crippen LogP contribution in [-0.4, -0.2) is 23.9 Å². The number of nitrogens with zero attached hydrogens (tertiary/aromatic N) is 1. The molecule has 1 unspecified atom stereocenters. The van der Waals surface area contributed by atoms with Crippen molar-refractivity contribution in [2.45, 2.75) is 19.2 Å². The Bertz CT molecular complexity index is 405. The van der Waals surface area contributed by atoms with Gasteiger partial charge in [-0.15, -0.1) is 11.6 Å². The SMILES string of the molecule is CCN(CC)C(=O)C(Cl)c1cccc(Cl)c1Cl. The molecule has 0 saturated heterocycles. The topological polar surface area (TPSA) is 20.3 Å². The van der Waals surface area contributed by atoms with E-state index in [1.807, 2.05) is 13.8 Å². The predicted molar refractivity (Wildman–Crippen MR) is 73.0 cm³/mol. The first-order valence-electron chi connectivity index (χ1n) is 5.39. The molecule has 1 rings (SSSR count). The molecule has 1 amide bonds. The number of likely N-dealkylation sites (N-methyl/N-ethyl adjacent to an activating group) is 1. The minimum Gasteiger partial charge on any atom is -0.342 e. The van der Waals surface area contributed by atoms with Gasteiger partial charge in [-0.3, -0.25) is 4.79 Å². The van der Waals surface area contributed by atoms with Gasteiger partial charge in [-0.25, -0.2) is 0 Å². The number of carbonyl (C=O) groups excluding carboxylic acids is 1. The van der Waals surface area contributed by atoms with Gasteiger partial charge in [-0.2, -0.15) is 0 Å². The van der Waals surface area contributed by atoms with E-state index in [1.165, 1.54) is 0 Å². The molecule has 0 heterocycles. The zero-order chi connectivity index (χ0) is 13.0. The van der Waals surface area contributed by atoms with Gasteiger partial charge in [0.15, 0.2) is 0 Å². The van der Waals surface area contributed by atoms with E-state index < -0.39 is 5.38 Å². The summed E-state index contributed by atoms with van der Waals surface area (Å²) in [5.41, 5.74) is 0.553. The van der Waals surface area contributed by atoms with Crippen LogP contribution in [0.4, 0.5) is 0 Å². The van der Waals surface area contributed by atoms with Crippen LogP contribution in [0.5, 0.6) is 0 Å². The summed E-state index contributed by atoms with van der Waals surface area (Å²) in [4.78, 5) is 13.7. The molecule has 1 atom stereocenters. The lowest BCUT2D eigenvalue weighted by Crippen LogP contribution is -2.33. The fraction of sp³-hybridized carbons (Fsp3) is 0.417. The number of hydrogen-bond acceptors (Lipinski definition) is 1. The Morgan fingerprint density at radius 1 is 1.29 bits per heavy atom. The van der Waals surface area contributed by atoms with Crippen molar-refractivity contribution in [1.29, 1.82) is 0 Å². The highest BCUT2D eigenvalue weighted by molar-refractivity contribution is 6.43. The lowest BCUT2D eigenvalue weighted by atomic mass is 10.1. The van der Waals surface area contributed by atoms with Crippen LogP contribution in [0.2, 0.25) is 10.0 Å². The Kier molecular flexibility index (Phi) is 5.57. The molecule has 1 aromatic rings. The average molecular weight is 295 g/mol. The number of amides is 1. The van der Waals surface area contributed by atoms with Gasteiger partial charge >= 0.3 is 0 Å². The number of carbonyl (C=O) groups is 1. The molecular formula is C12H14Cl3NO. The van der Waals surface area contributed by atoms with E-state index in [4.69, 9.17) is 34.8 Å². The molecular weight excluding hydrogens is 280 g/mol. The highest BCUT2D eigenvalue weighted by atomic mass is 35.5. The monoisotopic (exact) mass is 293 g/mol. The fourth-order valence-corrected chi connectivity index (χ4v) is 2.34. The minimum atomic E-state index is -0.791. The lowest BCUT2D eigenvalue weighted by Gasteiger charge is -2.22. The summed E-state index contributed by atoms with van der Waals surface area (Å²) < 4.78 is 0. The standard InChI is InChI=1S/C12H14Cl3NO/c1-3-16(4-2)12(17)11(15)8-6-5-7-9(13)10(8)14/h5-7,11H,3-4H2,1-2H3. The third-order valence-electron chi connectivity index (χ3n) is 2.55. The summed E-state index contributed by atoms with van der Waals surface area (Å²) in [6.45, 7) is 5.06. The second-order valence-electron chi connectivity index (χ2n) is 3.52. The van der Waals surface area contributed by atoms with Crippen molar-refractivity contribution < 1.29 is 4.79 Å². The average Bonchev–Trinajstić information content (AvgIpc) is 2.33. The van der Waals surface area contributed by atoms with Crippen LogP contribution in [0.15, 0.2) is 18.2 Å². The molecule has 0 aliphatic heterocycles. The molecule has 17 heavy (non-hydrogen) atoms. The summed E-state index contributed by atoms with van der Waals surface area (Å²) in [5, 5.41) is -0.0436. The zero-order valence-electron chi connectivity index (χ0n) is 9.71. The Balaban J connectivity index is 3.00. The smallest absolute Gasteiger partial charge is 0.245 e. The van der Waals surface area contributed by atoms with Gasteiger partial charge in [0.05, 0.1) is 10.0 Å². The number of hydrogen-bond donors (Lipinski definition) is 0. The molecule has 0 radical (unpaired) electrons. The number of halogens is 3. The van der Waals surface area contributed by atoms with E-state index in [9.17, 15) is 4.79 Å². The Morgan fingerprint density at radius 2 is 1.88 bits per heavy atom. The van der Waals surface area contributed by atoms with Crippen molar-refractivity contribution in [3.05, 3.63) is 33.8 Å². The van der Waals surface area contributed by atoms with Crippen LogP contribution in [0.25, 0.3) is 0 Å². The van der Waals surface area contributed by atoms with E-state index in [0.717, 1.165) is 0 Å². The largest absolute Gasteiger partial charge is 0.342 e. The molecule has 2 nitrogen and oxygen atoms in total. The van der Waals surface area contributed by atoms with Crippen molar-refractivity contribution in [1.82, 2.24) is 4.90 Å². The summed E-state index contributed by atoms with van der Waals surface area (Å²) in [6.07, 6.45) is 0. The molecule has 0 aromatic heterocycles. The normalized spacial score (nSPS) is 12.3. The van der Waals surface area contributed by atoms with Crippen molar-refractivity contribution in [2.75, 3.05) is 13.1 Å². The Morgan fingerprint density at radius 3 is 2.41 bits per heavy atom. The summed E-state index contributed by atoms with van der Waals surface area (Å²) in [6, 6.07) is 5.11. The second-order valence-corrected chi connectivity index (χ2v) is 4.74. The molecule has 1 aromatic carbocycles. The molecule has 0 bridgehead atoms. The van der Waals surface area contributed by atoms with Crippen LogP contribution < -0.4 is 0 Å². The van der Waals surface area contributed by atoms with E-state index in [1.54, 1.807) is 23.1 Å². The van der Waals surface area contributed by atoms with Gasteiger partial charge in [0.1, 0.15) is 5.38 Å². The first-order chi connectivity index (χ1) is 8.02. The van der Waals surface area contributed by atoms with Crippen LogP contribution >= 0.6 is 34.8 Å². The summed E-state index contributed by atoms with van der Waals surface area (Å²) >= 11 is 18.1. The number of benzene rings is 1.